The van der Waals surface area contributed by atoms with Crippen molar-refractivity contribution >= 4 is 11.7 Å². The van der Waals surface area contributed by atoms with Gasteiger partial charge in [-0.1, -0.05) is 25.1 Å². The lowest BCUT2D eigenvalue weighted by Gasteiger charge is -2.06. The first-order chi connectivity index (χ1) is 7.83. The number of hydrogen-bond acceptors (Lipinski definition) is 4. The van der Waals surface area contributed by atoms with Crippen molar-refractivity contribution in [3.8, 4) is 0 Å². The predicted molar refractivity (Wildman–Crippen MR) is 63.5 cm³/mol. The molecular weight excluding hydrogens is 202 g/mol. The van der Waals surface area contributed by atoms with Crippen molar-refractivity contribution in [1.82, 2.24) is 4.98 Å². The van der Waals surface area contributed by atoms with E-state index < -0.39 is 0 Å². The Morgan fingerprint density at radius 3 is 2.88 bits per heavy atom. The first-order valence-corrected chi connectivity index (χ1v) is 5.33. The topological polar surface area (TPSA) is 64.1 Å². The lowest BCUT2D eigenvalue weighted by Crippen LogP contribution is -1.98. The second-order valence-corrected chi connectivity index (χ2v) is 3.48. The Morgan fingerprint density at radius 2 is 2.19 bits per heavy atom. The van der Waals surface area contributed by atoms with Crippen LogP contribution in [-0.4, -0.2) is 4.98 Å². The van der Waals surface area contributed by atoms with Gasteiger partial charge in [0.25, 0.3) is 6.01 Å². The first-order valence-electron chi connectivity index (χ1n) is 5.33. The maximum absolute atomic E-state index is 5.46. The van der Waals surface area contributed by atoms with Crippen LogP contribution in [0.15, 0.2) is 34.9 Å². The Balaban J connectivity index is 2.19. The zero-order valence-electron chi connectivity index (χ0n) is 9.23. The summed E-state index contributed by atoms with van der Waals surface area (Å²) in [6, 6.07) is 8.57. The van der Waals surface area contributed by atoms with Gasteiger partial charge in [0, 0.05) is 12.2 Å². The lowest BCUT2D eigenvalue weighted by atomic mass is 10.1. The monoisotopic (exact) mass is 217 g/mol. The Kier molecular flexibility index (Phi) is 3.22. The molecule has 1 aromatic heterocycles. The van der Waals surface area contributed by atoms with E-state index in [1.165, 1.54) is 5.56 Å². The van der Waals surface area contributed by atoms with Crippen molar-refractivity contribution in [2.45, 2.75) is 19.9 Å². The van der Waals surface area contributed by atoms with E-state index in [2.05, 4.69) is 23.3 Å². The molecule has 2 rings (SSSR count). The second kappa shape index (κ2) is 4.81. The molecule has 84 valence electrons. The summed E-state index contributed by atoms with van der Waals surface area (Å²) in [5.41, 5.74) is 8.46. The Hall–Kier alpha value is -1.81. The Bertz CT molecular complexity index is 465. The molecule has 0 fully saturated rings. The molecule has 4 nitrogen and oxygen atoms in total. The summed E-state index contributed by atoms with van der Waals surface area (Å²) in [5, 5.41) is 3.14. The van der Waals surface area contributed by atoms with Crippen molar-refractivity contribution in [3.05, 3.63) is 41.8 Å². The molecule has 0 aliphatic carbocycles. The standard InChI is InChI=1S/C12H15N3O/c1-2-9-5-3-4-6-11(9)15-12-14-10(7-13)8-16-12/h3-6,8H,2,7,13H2,1H3,(H,14,15). The molecule has 0 atom stereocenters. The SMILES string of the molecule is CCc1ccccc1Nc1nc(CN)co1. The molecule has 0 aliphatic heterocycles. The minimum Gasteiger partial charge on any atom is -0.432 e. The summed E-state index contributed by atoms with van der Waals surface area (Å²) in [7, 11) is 0. The molecule has 3 N–H and O–H groups in total. The quantitative estimate of drug-likeness (QED) is 0.825. The van der Waals surface area contributed by atoms with Crippen LogP contribution in [0.25, 0.3) is 0 Å². The number of aryl methyl sites for hydroxylation is 1. The molecule has 1 heterocycles. The van der Waals surface area contributed by atoms with Crippen LogP contribution in [0, 0.1) is 0 Å². The van der Waals surface area contributed by atoms with E-state index in [1.807, 2.05) is 18.2 Å². The van der Waals surface area contributed by atoms with E-state index in [0.717, 1.165) is 17.8 Å². The van der Waals surface area contributed by atoms with E-state index in [0.29, 0.717) is 12.6 Å². The fraction of sp³-hybridized carbons (Fsp3) is 0.250. The molecule has 0 unspecified atom stereocenters. The molecule has 1 aromatic carbocycles. The summed E-state index contributed by atoms with van der Waals surface area (Å²) in [5.74, 6) is 0. The van der Waals surface area contributed by atoms with Gasteiger partial charge in [-0.25, -0.2) is 0 Å². The molecule has 0 saturated carbocycles. The molecule has 0 aliphatic rings. The molecule has 0 bridgehead atoms. The average molecular weight is 217 g/mol. The van der Waals surface area contributed by atoms with Gasteiger partial charge in [0.05, 0.1) is 5.69 Å². The van der Waals surface area contributed by atoms with E-state index in [9.17, 15) is 0 Å². The number of anilines is 2. The maximum atomic E-state index is 5.46. The fourth-order valence-electron chi connectivity index (χ4n) is 1.52. The van der Waals surface area contributed by atoms with Crippen LogP contribution in [0.3, 0.4) is 0 Å². The highest BCUT2D eigenvalue weighted by molar-refractivity contribution is 5.57. The third kappa shape index (κ3) is 2.23. The van der Waals surface area contributed by atoms with E-state index >= 15 is 0 Å². The lowest BCUT2D eigenvalue weighted by molar-refractivity contribution is 0.575. The third-order valence-electron chi connectivity index (χ3n) is 2.40. The predicted octanol–water partition coefficient (Wildman–Crippen LogP) is 2.44. The molecule has 0 saturated heterocycles. The Morgan fingerprint density at radius 1 is 1.38 bits per heavy atom. The van der Waals surface area contributed by atoms with Crippen molar-refractivity contribution in [2.24, 2.45) is 5.73 Å². The van der Waals surface area contributed by atoms with Gasteiger partial charge in [-0.15, -0.1) is 0 Å². The van der Waals surface area contributed by atoms with Gasteiger partial charge in [-0.2, -0.15) is 4.98 Å². The normalized spacial score (nSPS) is 10.4. The summed E-state index contributed by atoms with van der Waals surface area (Å²) in [6.07, 6.45) is 2.53. The van der Waals surface area contributed by atoms with Crippen molar-refractivity contribution in [1.29, 1.82) is 0 Å². The first kappa shape index (κ1) is 10.7. The smallest absolute Gasteiger partial charge is 0.299 e. The van der Waals surface area contributed by atoms with Crippen LogP contribution < -0.4 is 11.1 Å². The third-order valence-corrected chi connectivity index (χ3v) is 2.40. The molecule has 16 heavy (non-hydrogen) atoms. The highest BCUT2D eigenvalue weighted by Gasteiger charge is 2.05. The average Bonchev–Trinajstić information content (AvgIpc) is 2.77. The molecule has 0 amide bonds. The number of nitrogens with zero attached hydrogens (tertiary/aromatic N) is 1. The van der Waals surface area contributed by atoms with Crippen molar-refractivity contribution in [2.75, 3.05) is 5.32 Å². The number of para-hydroxylation sites is 1. The summed E-state index contributed by atoms with van der Waals surface area (Å²) < 4.78 is 5.26. The number of nitrogens with two attached hydrogens (primary N) is 1. The van der Waals surface area contributed by atoms with Crippen LogP contribution in [0.4, 0.5) is 11.7 Å². The zero-order chi connectivity index (χ0) is 11.4. The van der Waals surface area contributed by atoms with Crippen LogP contribution in [0.2, 0.25) is 0 Å². The van der Waals surface area contributed by atoms with Gasteiger partial charge in [0.2, 0.25) is 0 Å². The van der Waals surface area contributed by atoms with Gasteiger partial charge in [-0.05, 0) is 18.1 Å². The van der Waals surface area contributed by atoms with Crippen LogP contribution in [-0.2, 0) is 13.0 Å². The van der Waals surface area contributed by atoms with E-state index in [-0.39, 0.29) is 0 Å². The highest BCUT2D eigenvalue weighted by Crippen LogP contribution is 2.20. The number of hydrogen-bond donors (Lipinski definition) is 2. The highest BCUT2D eigenvalue weighted by atomic mass is 16.4. The Labute approximate surface area is 94.5 Å². The molecule has 0 spiro atoms. The number of benzene rings is 1. The number of rotatable bonds is 4. The summed E-state index contributed by atoms with van der Waals surface area (Å²) in [6.45, 7) is 2.50. The largest absolute Gasteiger partial charge is 0.432 e. The van der Waals surface area contributed by atoms with Crippen LogP contribution in [0.1, 0.15) is 18.2 Å². The maximum Gasteiger partial charge on any atom is 0.299 e. The molecular formula is C12H15N3O. The number of nitrogens with one attached hydrogen (secondary N) is 1. The molecule has 0 radical (unpaired) electrons. The van der Waals surface area contributed by atoms with Gasteiger partial charge in [-0.3, -0.25) is 0 Å². The number of aromatic nitrogens is 1. The van der Waals surface area contributed by atoms with Gasteiger partial charge < -0.3 is 15.5 Å². The van der Waals surface area contributed by atoms with E-state index in [4.69, 9.17) is 10.2 Å². The van der Waals surface area contributed by atoms with Crippen molar-refractivity contribution < 1.29 is 4.42 Å². The van der Waals surface area contributed by atoms with Crippen LogP contribution >= 0.6 is 0 Å². The number of oxazole rings is 1. The minimum absolute atomic E-state index is 0.389. The molecule has 4 heteroatoms. The van der Waals surface area contributed by atoms with Crippen LogP contribution in [0.5, 0.6) is 0 Å². The summed E-state index contributed by atoms with van der Waals surface area (Å²) in [4.78, 5) is 4.20. The van der Waals surface area contributed by atoms with Gasteiger partial charge >= 0.3 is 0 Å². The zero-order valence-corrected chi connectivity index (χ0v) is 9.23. The molecule has 2 aromatic rings. The van der Waals surface area contributed by atoms with Crippen molar-refractivity contribution in [3.63, 3.8) is 0 Å². The second-order valence-electron chi connectivity index (χ2n) is 3.48. The fourth-order valence-corrected chi connectivity index (χ4v) is 1.52. The van der Waals surface area contributed by atoms with Gasteiger partial charge in [0.15, 0.2) is 0 Å². The van der Waals surface area contributed by atoms with Gasteiger partial charge in [0.1, 0.15) is 6.26 Å². The van der Waals surface area contributed by atoms with E-state index in [1.54, 1.807) is 6.26 Å². The summed E-state index contributed by atoms with van der Waals surface area (Å²) >= 11 is 0. The minimum atomic E-state index is 0.389.